The molecule has 0 aliphatic carbocycles. The second kappa shape index (κ2) is 6.94. The molecule has 0 fully saturated rings. The van der Waals surface area contributed by atoms with E-state index in [1.54, 1.807) is 13.0 Å². The van der Waals surface area contributed by atoms with Gasteiger partial charge < -0.3 is 5.11 Å². The first-order chi connectivity index (χ1) is 9.62. The topological polar surface area (TPSA) is 20.2 Å². The van der Waals surface area contributed by atoms with Gasteiger partial charge in [0.15, 0.2) is 0 Å². The quantitative estimate of drug-likeness (QED) is 0.739. The summed E-state index contributed by atoms with van der Waals surface area (Å²) in [6.07, 6.45) is 1.51. The molecule has 1 unspecified atom stereocenters. The molecule has 21 heavy (non-hydrogen) atoms. The molecular weight excluding hydrogens is 277 g/mol. The van der Waals surface area contributed by atoms with Crippen LogP contribution in [0.1, 0.15) is 44.7 Å². The van der Waals surface area contributed by atoms with E-state index in [-0.39, 0.29) is 5.56 Å². The van der Waals surface area contributed by atoms with E-state index in [4.69, 9.17) is 0 Å². The summed E-state index contributed by atoms with van der Waals surface area (Å²) < 4.78 is 38.6. The molecule has 0 radical (unpaired) electrons. The Morgan fingerprint density at radius 3 is 2.38 bits per heavy atom. The Morgan fingerprint density at radius 2 is 1.81 bits per heavy atom. The van der Waals surface area contributed by atoms with Crippen LogP contribution in [-0.4, -0.2) is 10.7 Å². The van der Waals surface area contributed by atoms with Crippen LogP contribution < -0.4 is 0 Å². The first kappa shape index (κ1) is 17.5. The third-order valence-corrected chi connectivity index (χ3v) is 3.09. The maximum atomic E-state index is 12.9. The van der Waals surface area contributed by atoms with Gasteiger partial charge in [-0.15, -0.1) is 0 Å². The van der Waals surface area contributed by atoms with Gasteiger partial charge in [0.1, 0.15) is 0 Å². The van der Waals surface area contributed by atoms with Crippen molar-refractivity contribution in [1.29, 1.82) is 0 Å². The van der Waals surface area contributed by atoms with E-state index < -0.39 is 17.3 Å². The van der Waals surface area contributed by atoms with E-state index in [2.05, 4.69) is 0 Å². The predicted octanol–water partition coefficient (Wildman–Crippen LogP) is 5.22. The number of hydrogen-bond donors (Lipinski definition) is 1. The zero-order valence-corrected chi connectivity index (χ0v) is 12.5. The maximum Gasteiger partial charge on any atom is 0.416 e. The monoisotopic (exact) mass is 298 g/mol. The fraction of sp³-hybridized carbons (Fsp3) is 0.412. The molecule has 1 nitrogen and oxygen atoms in total. The van der Waals surface area contributed by atoms with Crippen LogP contribution in [0.5, 0.6) is 0 Å². The highest BCUT2D eigenvalue weighted by atomic mass is 19.4. The molecule has 4 heteroatoms. The average molecular weight is 298 g/mol. The van der Waals surface area contributed by atoms with Crippen LogP contribution in [0.15, 0.2) is 42.0 Å². The lowest BCUT2D eigenvalue weighted by atomic mass is 9.97. The first-order valence-electron chi connectivity index (χ1n) is 6.83. The highest BCUT2D eigenvalue weighted by Crippen LogP contribution is 2.32. The van der Waals surface area contributed by atoms with Crippen molar-refractivity contribution in [3.05, 3.63) is 53.1 Å². The Morgan fingerprint density at radius 1 is 1.19 bits per heavy atom. The van der Waals surface area contributed by atoms with Crippen LogP contribution >= 0.6 is 0 Å². The summed E-state index contributed by atoms with van der Waals surface area (Å²) in [5, 5.41) is 10.2. The van der Waals surface area contributed by atoms with E-state index in [9.17, 15) is 18.3 Å². The molecule has 0 bridgehead atoms. The number of benzene rings is 1. The highest BCUT2D eigenvalue weighted by Gasteiger charge is 2.32. The Hall–Kier alpha value is -1.55. The number of aliphatic hydroxyl groups is 1. The molecule has 116 valence electrons. The summed E-state index contributed by atoms with van der Waals surface area (Å²) in [6, 6.07) is 5.34. The molecule has 0 aliphatic heterocycles. The fourth-order valence-corrected chi connectivity index (χ4v) is 1.91. The van der Waals surface area contributed by atoms with Crippen molar-refractivity contribution in [2.45, 2.75) is 45.4 Å². The SMILES string of the molecule is CC(C)=CCCC(C)(O)/C=C/c1ccccc1C(F)(F)F. The third kappa shape index (κ3) is 6.17. The molecule has 0 saturated carbocycles. The lowest BCUT2D eigenvalue weighted by Crippen LogP contribution is -2.20. The molecule has 1 N–H and O–H groups in total. The van der Waals surface area contributed by atoms with Gasteiger partial charge in [-0.25, -0.2) is 0 Å². The predicted molar refractivity (Wildman–Crippen MR) is 79.8 cm³/mol. The van der Waals surface area contributed by atoms with Crippen molar-refractivity contribution in [3.8, 4) is 0 Å². The first-order valence-corrected chi connectivity index (χ1v) is 6.83. The average Bonchev–Trinajstić information content (AvgIpc) is 2.35. The molecule has 1 aromatic rings. The summed E-state index contributed by atoms with van der Waals surface area (Å²) in [7, 11) is 0. The summed E-state index contributed by atoms with van der Waals surface area (Å²) >= 11 is 0. The summed E-state index contributed by atoms with van der Waals surface area (Å²) in [5.41, 5.74) is -0.615. The van der Waals surface area contributed by atoms with Crippen molar-refractivity contribution in [2.24, 2.45) is 0 Å². The van der Waals surface area contributed by atoms with Crippen LogP contribution in [-0.2, 0) is 6.18 Å². The Balaban J connectivity index is 2.87. The van der Waals surface area contributed by atoms with Gasteiger partial charge in [-0.1, -0.05) is 42.0 Å². The molecule has 0 aliphatic rings. The smallest absolute Gasteiger partial charge is 0.386 e. The Kier molecular flexibility index (Phi) is 5.78. The van der Waals surface area contributed by atoms with E-state index in [0.29, 0.717) is 12.8 Å². The second-order valence-electron chi connectivity index (χ2n) is 5.60. The fourth-order valence-electron chi connectivity index (χ4n) is 1.91. The third-order valence-electron chi connectivity index (χ3n) is 3.09. The van der Waals surface area contributed by atoms with Gasteiger partial charge in [0.05, 0.1) is 11.2 Å². The lowest BCUT2D eigenvalue weighted by Gasteiger charge is -2.18. The van der Waals surface area contributed by atoms with Crippen LogP contribution in [0, 0.1) is 0 Å². The molecule has 1 atom stereocenters. The van der Waals surface area contributed by atoms with Crippen LogP contribution in [0.25, 0.3) is 6.08 Å². The lowest BCUT2D eigenvalue weighted by molar-refractivity contribution is -0.137. The van der Waals surface area contributed by atoms with Crippen molar-refractivity contribution >= 4 is 6.08 Å². The number of hydrogen-bond acceptors (Lipinski definition) is 1. The minimum atomic E-state index is -4.39. The normalized spacial score (nSPS) is 15.0. The molecule has 0 saturated heterocycles. The number of alkyl halides is 3. The van der Waals surface area contributed by atoms with Crippen LogP contribution in [0.3, 0.4) is 0 Å². The van der Waals surface area contributed by atoms with Gasteiger partial charge in [0.2, 0.25) is 0 Å². The Bertz CT molecular complexity index is 521. The molecule has 0 heterocycles. The second-order valence-corrected chi connectivity index (χ2v) is 5.60. The molecule has 0 spiro atoms. The number of halogens is 3. The molecule has 1 aromatic carbocycles. The van der Waals surface area contributed by atoms with Gasteiger partial charge in [-0.2, -0.15) is 13.2 Å². The molecular formula is C17H21F3O. The number of rotatable bonds is 5. The maximum absolute atomic E-state index is 12.9. The van der Waals surface area contributed by atoms with Crippen molar-refractivity contribution in [3.63, 3.8) is 0 Å². The van der Waals surface area contributed by atoms with Gasteiger partial charge in [0.25, 0.3) is 0 Å². The van der Waals surface area contributed by atoms with E-state index >= 15 is 0 Å². The largest absolute Gasteiger partial charge is 0.416 e. The minimum absolute atomic E-state index is 0.0625. The zero-order valence-electron chi connectivity index (χ0n) is 12.5. The summed E-state index contributed by atoms with van der Waals surface area (Å²) in [4.78, 5) is 0. The minimum Gasteiger partial charge on any atom is -0.386 e. The van der Waals surface area contributed by atoms with Gasteiger partial charge in [0, 0.05) is 0 Å². The molecule has 1 rings (SSSR count). The van der Waals surface area contributed by atoms with Crippen molar-refractivity contribution in [1.82, 2.24) is 0 Å². The van der Waals surface area contributed by atoms with E-state index in [1.165, 1.54) is 24.3 Å². The molecule has 0 amide bonds. The van der Waals surface area contributed by atoms with Crippen molar-refractivity contribution in [2.75, 3.05) is 0 Å². The van der Waals surface area contributed by atoms with Crippen LogP contribution in [0.2, 0.25) is 0 Å². The standard InChI is InChI=1S/C17H21F3O/c1-13(2)7-6-11-16(3,21)12-10-14-8-4-5-9-15(14)17(18,19)20/h4-5,7-10,12,21H,6,11H2,1-3H3/b12-10+. The van der Waals surface area contributed by atoms with E-state index in [1.807, 2.05) is 19.9 Å². The summed E-state index contributed by atoms with van der Waals surface area (Å²) in [6.45, 7) is 5.52. The zero-order chi connectivity index (χ0) is 16.1. The number of allylic oxidation sites excluding steroid dienone is 2. The van der Waals surface area contributed by atoms with Gasteiger partial charge >= 0.3 is 6.18 Å². The van der Waals surface area contributed by atoms with Crippen molar-refractivity contribution < 1.29 is 18.3 Å². The van der Waals surface area contributed by atoms with Gasteiger partial charge in [-0.05, 0) is 45.2 Å². The van der Waals surface area contributed by atoms with E-state index in [0.717, 1.165) is 11.6 Å². The highest BCUT2D eigenvalue weighted by molar-refractivity contribution is 5.55. The Labute approximate surface area is 123 Å². The van der Waals surface area contributed by atoms with Crippen LogP contribution in [0.4, 0.5) is 13.2 Å². The summed E-state index contributed by atoms with van der Waals surface area (Å²) in [5.74, 6) is 0. The molecule has 0 aromatic heterocycles. The van der Waals surface area contributed by atoms with Gasteiger partial charge in [-0.3, -0.25) is 0 Å².